The van der Waals surface area contributed by atoms with E-state index in [0.717, 1.165) is 11.3 Å². The Labute approximate surface area is 94.9 Å². The largest absolute Gasteiger partial charge is 0.494 e. The molecule has 1 unspecified atom stereocenters. The fraction of sp³-hybridized carbons (Fsp3) is 0.364. The van der Waals surface area contributed by atoms with E-state index in [9.17, 15) is 4.79 Å². The van der Waals surface area contributed by atoms with E-state index < -0.39 is 6.04 Å². The first-order chi connectivity index (χ1) is 7.69. The fourth-order valence-corrected chi connectivity index (χ4v) is 1.29. The van der Waals surface area contributed by atoms with Crippen LogP contribution in [0.3, 0.4) is 0 Å². The number of carbonyl (C=O) groups is 1. The number of hydrogen-bond donors (Lipinski definition) is 3. The highest BCUT2D eigenvalue weighted by molar-refractivity contribution is 5.82. The van der Waals surface area contributed by atoms with Crippen LogP contribution in [0.5, 0.6) is 5.75 Å². The minimum absolute atomic E-state index is 0.272. The number of hydrazine groups is 1. The van der Waals surface area contributed by atoms with Gasteiger partial charge in [0.15, 0.2) is 0 Å². The van der Waals surface area contributed by atoms with Crippen LogP contribution in [-0.2, 0) is 4.79 Å². The molecule has 1 aromatic carbocycles. The molecule has 5 nitrogen and oxygen atoms in total. The molecular formula is C11H17N3O2. The van der Waals surface area contributed by atoms with Crippen molar-refractivity contribution in [3.63, 3.8) is 0 Å². The minimum atomic E-state index is -0.678. The Morgan fingerprint density at radius 3 is 2.56 bits per heavy atom. The lowest BCUT2D eigenvalue weighted by atomic mass is 10.1. The molecule has 1 aromatic rings. The lowest BCUT2D eigenvalue weighted by Crippen LogP contribution is -2.40. The zero-order chi connectivity index (χ0) is 12.0. The fourth-order valence-electron chi connectivity index (χ4n) is 1.29. The lowest BCUT2D eigenvalue weighted by Gasteiger charge is -2.12. The molecule has 0 aliphatic carbocycles. The van der Waals surface area contributed by atoms with Crippen LogP contribution >= 0.6 is 0 Å². The standard InChI is InChI=1S/C11H17N3O2/c1-3-16-9-6-4-8(5-7-9)10(12)11(15)14-13-2/h4-7,10,13H,3,12H2,1-2H3,(H,14,15). The summed E-state index contributed by atoms with van der Waals surface area (Å²) in [5, 5.41) is 0. The zero-order valence-corrected chi connectivity index (χ0v) is 9.49. The van der Waals surface area contributed by atoms with Gasteiger partial charge in [-0.3, -0.25) is 10.2 Å². The minimum Gasteiger partial charge on any atom is -0.494 e. The second-order valence-electron chi connectivity index (χ2n) is 3.22. The van der Waals surface area contributed by atoms with E-state index >= 15 is 0 Å². The summed E-state index contributed by atoms with van der Waals surface area (Å²) in [6.07, 6.45) is 0. The Hall–Kier alpha value is -1.59. The molecule has 88 valence electrons. The summed E-state index contributed by atoms with van der Waals surface area (Å²) < 4.78 is 5.29. The molecule has 1 amide bonds. The Bertz CT molecular complexity index is 338. The van der Waals surface area contributed by atoms with E-state index in [1.54, 1.807) is 31.3 Å². The third-order valence-electron chi connectivity index (χ3n) is 2.08. The van der Waals surface area contributed by atoms with Gasteiger partial charge in [0.2, 0.25) is 0 Å². The summed E-state index contributed by atoms with van der Waals surface area (Å²) in [4.78, 5) is 11.4. The molecule has 4 N–H and O–H groups in total. The molecule has 5 heteroatoms. The highest BCUT2D eigenvalue weighted by Gasteiger charge is 2.14. The van der Waals surface area contributed by atoms with Crippen molar-refractivity contribution in [2.45, 2.75) is 13.0 Å². The summed E-state index contributed by atoms with van der Waals surface area (Å²) in [6, 6.07) is 6.48. The van der Waals surface area contributed by atoms with Crippen molar-refractivity contribution >= 4 is 5.91 Å². The molecule has 0 bridgehead atoms. The van der Waals surface area contributed by atoms with Crippen LogP contribution in [-0.4, -0.2) is 19.6 Å². The van der Waals surface area contributed by atoms with E-state index in [0.29, 0.717) is 6.61 Å². The molecule has 0 radical (unpaired) electrons. The van der Waals surface area contributed by atoms with Crippen LogP contribution in [0.15, 0.2) is 24.3 Å². The van der Waals surface area contributed by atoms with Gasteiger partial charge in [-0.1, -0.05) is 12.1 Å². The van der Waals surface area contributed by atoms with Gasteiger partial charge in [-0.15, -0.1) is 0 Å². The molecule has 0 aliphatic rings. The van der Waals surface area contributed by atoms with E-state index in [1.165, 1.54) is 0 Å². The summed E-state index contributed by atoms with van der Waals surface area (Å²) in [5.41, 5.74) is 11.5. The topological polar surface area (TPSA) is 76.4 Å². The Balaban J connectivity index is 2.69. The third-order valence-corrected chi connectivity index (χ3v) is 2.08. The maximum atomic E-state index is 11.4. The first kappa shape index (κ1) is 12.5. The summed E-state index contributed by atoms with van der Waals surface area (Å²) in [5.74, 6) is 0.499. The van der Waals surface area contributed by atoms with Crippen molar-refractivity contribution in [3.05, 3.63) is 29.8 Å². The molecule has 0 saturated heterocycles. The van der Waals surface area contributed by atoms with Gasteiger partial charge in [0.1, 0.15) is 11.8 Å². The summed E-state index contributed by atoms with van der Waals surface area (Å²) >= 11 is 0. The predicted molar refractivity (Wildman–Crippen MR) is 61.7 cm³/mol. The average Bonchev–Trinajstić information content (AvgIpc) is 2.30. The number of nitrogens with one attached hydrogen (secondary N) is 2. The van der Waals surface area contributed by atoms with Gasteiger partial charge in [-0.05, 0) is 24.6 Å². The second-order valence-corrected chi connectivity index (χ2v) is 3.22. The molecular weight excluding hydrogens is 206 g/mol. The normalized spacial score (nSPS) is 11.9. The van der Waals surface area contributed by atoms with Crippen LogP contribution in [0.1, 0.15) is 18.5 Å². The Kier molecular flexibility index (Phi) is 4.75. The zero-order valence-electron chi connectivity index (χ0n) is 9.49. The highest BCUT2D eigenvalue weighted by atomic mass is 16.5. The number of ether oxygens (including phenoxy) is 1. The van der Waals surface area contributed by atoms with E-state index in [-0.39, 0.29) is 5.91 Å². The number of amides is 1. The van der Waals surface area contributed by atoms with E-state index in [4.69, 9.17) is 10.5 Å². The third kappa shape index (κ3) is 3.22. The molecule has 1 atom stereocenters. The molecule has 0 saturated carbocycles. The molecule has 0 aliphatic heterocycles. The SMILES string of the molecule is CCOc1ccc(C(N)C(=O)NNC)cc1. The highest BCUT2D eigenvalue weighted by Crippen LogP contribution is 2.16. The first-order valence-corrected chi connectivity index (χ1v) is 5.14. The van der Waals surface area contributed by atoms with Gasteiger partial charge < -0.3 is 10.5 Å². The molecule has 16 heavy (non-hydrogen) atoms. The molecule has 0 spiro atoms. The smallest absolute Gasteiger partial charge is 0.255 e. The maximum absolute atomic E-state index is 11.4. The van der Waals surface area contributed by atoms with Crippen LogP contribution < -0.4 is 21.3 Å². The van der Waals surface area contributed by atoms with Crippen molar-refractivity contribution in [2.75, 3.05) is 13.7 Å². The summed E-state index contributed by atoms with van der Waals surface area (Å²) in [7, 11) is 1.61. The van der Waals surface area contributed by atoms with Crippen LogP contribution in [0.4, 0.5) is 0 Å². The molecule has 0 aromatic heterocycles. The molecule has 0 heterocycles. The molecule has 1 rings (SSSR count). The first-order valence-electron chi connectivity index (χ1n) is 5.14. The van der Waals surface area contributed by atoms with E-state index in [2.05, 4.69) is 10.9 Å². The quantitative estimate of drug-likeness (QED) is 0.629. The second kappa shape index (κ2) is 6.09. The van der Waals surface area contributed by atoms with Crippen molar-refractivity contribution in [3.8, 4) is 5.75 Å². The molecule has 0 fully saturated rings. The van der Waals surface area contributed by atoms with Gasteiger partial charge in [0.25, 0.3) is 5.91 Å². The van der Waals surface area contributed by atoms with Gasteiger partial charge in [-0.2, -0.15) is 0 Å². The van der Waals surface area contributed by atoms with Gasteiger partial charge >= 0.3 is 0 Å². The van der Waals surface area contributed by atoms with Crippen molar-refractivity contribution < 1.29 is 9.53 Å². The van der Waals surface area contributed by atoms with E-state index in [1.807, 2.05) is 6.92 Å². The van der Waals surface area contributed by atoms with Crippen LogP contribution in [0.25, 0.3) is 0 Å². The van der Waals surface area contributed by atoms with Crippen molar-refractivity contribution in [1.82, 2.24) is 10.9 Å². The van der Waals surface area contributed by atoms with Crippen LogP contribution in [0.2, 0.25) is 0 Å². The van der Waals surface area contributed by atoms with Gasteiger partial charge in [0.05, 0.1) is 6.61 Å². The number of hydrogen-bond acceptors (Lipinski definition) is 4. The van der Waals surface area contributed by atoms with Crippen molar-refractivity contribution in [2.24, 2.45) is 5.73 Å². The average molecular weight is 223 g/mol. The number of benzene rings is 1. The number of nitrogens with two attached hydrogens (primary N) is 1. The summed E-state index contributed by atoms with van der Waals surface area (Å²) in [6.45, 7) is 2.53. The van der Waals surface area contributed by atoms with Gasteiger partial charge in [-0.25, -0.2) is 5.43 Å². The van der Waals surface area contributed by atoms with Gasteiger partial charge in [0, 0.05) is 7.05 Å². The number of carbonyl (C=O) groups excluding carboxylic acids is 1. The van der Waals surface area contributed by atoms with Crippen LogP contribution in [0, 0.1) is 0 Å². The Morgan fingerprint density at radius 1 is 1.44 bits per heavy atom. The lowest BCUT2D eigenvalue weighted by molar-refractivity contribution is -0.123. The number of rotatable bonds is 5. The van der Waals surface area contributed by atoms with Crippen molar-refractivity contribution in [1.29, 1.82) is 0 Å². The maximum Gasteiger partial charge on any atom is 0.255 e. The Morgan fingerprint density at radius 2 is 2.06 bits per heavy atom. The predicted octanol–water partition coefficient (Wildman–Crippen LogP) is 0.336. The monoisotopic (exact) mass is 223 g/mol.